The summed E-state index contributed by atoms with van der Waals surface area (Å²) in [4.78, 5) is 0. The van der Waals surface area contributed by atoms with Crippen molar-refractivity contribution in [2.75, 3.05) is 0 Å². The molecule has 0 saturated heterocycles. The molecule has 2 heterocycles. The number of fused-ring (bicyclic) bond motifs is 17. The van der Waals surface area contributed by atoms with Gasteiger partial charge in [-0.2, -0.15) is 10.2 Å². The second-order valence-corrected chi connectivity index (χ2v) is 15.4. The van der Waals surface area contributed by atoms with Crippen LogP contribution in [0.15, 0.2) is 188 Å². The van der Waals surface area contributed by atoms with E-state index in [-0.39, 0.29) is 5.41 Å². The second-order valence-electron chi connectivity index (χ2n) is 15.4. The third kappa shape index (κ3) is 3.83. The van der Waals surface area contributed by atoms with Gasteiger partial charge >= 0.3 is 0 Å². The summed E-state index contributed by atoms with van der Waals surface area (Å²) in [6, 6.07) is 60.5. The highest BCUT2D eigenvalue weighted by molar-refractivity contribution is 5.94. The van der Waals surface area contributed by atoms with Crippen LogP contribution in [-0.2, 0) is 10.8 Å². The number of allylic oxidation sites excluding steroid dienone is 1. The molecule has 5 heteroatoms. The number of ether oxygens (including phenoxy) is 1. The summed E-state index contributed by atoms with van der Waals surface area (Å²) in [5, 5.41) is 10.1. The predicted molar refractivity (Wildman–Crippen MR) is 224 cm³/mol. The molecule has 2 aromatic heterocycles. The van der Waals surface area contributed by atoms with E-state index in [9.17, 15) is 0 Å². The minimum Gasteiger partial charge on any atom is -0.457 e. The highest BCUT2D eigenvalue weighted by Crippen LogP contribution is 2.63. The first kappa shape index (κ1) is 30.8. The van der Waals surface area contributed by atoms with Crippen molar-refractivity contribution in [3.63, 3.8) is 0 Å². The molecule has 0 atom stereocenters. The summed E-state index contributed by atoms with van der Waals surface area (Å²) < 4.78 is 10.8. The van der Waals surface area contributed by atoms with Gasteiger partial charge < -0.3 is 4.74 Å². The summed E-state index contributed by atoms with van der Waals surface area (Å²) in [5.41, 5.74) is 18.5. The monoisotopic (exact) mass is 728 g/mol. The molecule has 0 N–H and O–H groups in total. The fraction of sp³-hybridized carbons (Fsp3) is 0.0385. The van der Waals surface area contributed by atoms with Crippen LogP contribution in [0.3, 0.4) is 0 Å². The summed E-state index contributed by atoms with van der Waals surface area (Å²) in [7, 11) is 0. The average molecular weight is 729 g/mol. The van der Waals surface area contributed by atoms with E-state index in [0.29, 0.717) is 0 Å². The lowest BCUT2D eigenvalue weighted by atomic mass is 9.71. The van der Waals surface area contributed by atoms with E-state index in [1.807, 2.05) is 35.1 Å². The van der Waals surface area contributed by atoms with E-state index in [1.165, 1.54) is 66.8 Å². The molecule has 0 radical (unpaired) electrons. The maximum atomic E-state index is 6.64. The van der Waals surface area contributed by atoms with Crippen LogP contribution in [0.2, 0.25) is 0 Å². The molecule has 57 heavy (non-hydrogen) atoms. The molecule has 13 rings (SSSR count). The Morgan fingerprint density at radius 1 is 0.404 bits per heavy atom. The smallest absolute Gasteiger partial charge is 0.129 e. The Kier molecular flexibility index (Phi) is 5.97. The maximum absolute atomic E-state index is 6.64. The standard InChI is InChI=1S/C52H32N4O/c1-6-22-42-37(17-1)38-18-2-7-23-43(38)51(42)28-27-49-47(51)31-53-55(49)33-13-11-15-35(29-33)57-36-16-12-14-34(30-36)56-50-41-21-5-10-26-46(41)52(48(50)32-54-56)44-24-8-3-19-39(44)40-20-4-9-25-45(40)52/h1-32H. The molecule has 0 fully saturated rings. The summed E-state index contributed by atoms with van der Waals surface area (Å²) in [5.74, 6) is 1.46. The highest BCUT2D eigenvalue weighted by Gasteiger charge is 2.53. The zero-order valence-electron chi connectivity index (χ0n) is 30.7. The van der Waals surface area contributed by atoms with E-state index < -0.39 is 5.41 Å². The van der Waals surface area contributed by atoms with Crippen LogP contribution >= 0.6 is 0 Å². The van der Waals surface area contributed by atoms with Gasteiger partial charge in [0.2, 0.25) is 0 Å². The number of aromatic nitrogens is 4. The van der Waals surface area contributed by atoms with Crippen LogP contribution in [0.25, 0.3) is 51.0 Å². The van der Waals surface area contributed by atoms with Crippen LogP contribution in [-0.4, -0.2) is 19.6 Å². The molecule has 266 valence electrons. The minimum atomic E-state index is -0.433. The fourth-order valence-electron chi connectivity index (χ4n) is 10.6. The first-order chi connectivity index (χ1) is 28.2. The van der Waals surface area contributed by atoms with Crippen LogP contribution in [0.1, 0.15) is 44.6 Å². The van der Waals surface area contributed by atoms with Gasteiger partial charge in [0.15, 0.2) is 0 Å². The van der Waals surface area contributed by atoms with Crippen molar-refractivity contribution in [2.24, 2.45) is 0 Å². The number of rotatable bonds is 4. The molecule has 0 saturated carbocycles. The van der Waals surface area contributed by atoms with Gasteiger partial charge in [-0.1, -0.05) is 140 Å². The van der Waals surface area contributed by atoms with E-state index in [1.54, 1.807) is 0 Å². The topological polar surface area (TPSA) is 44.9 Å². The van der Waals surface area contributed by atoms with Crippen LogP contribution in [0, 0.1) is 0 Å². The van der Waals surface area contributed by atoms with Crippen molar-refractivity contribution >= 4 is 6.08 Å². The first-order valence-corrected chi connectivity index (χ1v) is 19.5. The molecule has 0 aliphatic heterocycles. The Labute approximate surface area is 329 Å². The van der Waals surface area contributed by atoms with Crippen LogP contribution in [0.4, 0.5) is 0 Å². The van der Waals surface area contributed by atoms with E-state index in [2.05, 4.69) is 169 Å². The van der Waals surface area contributed by atoms with Crippen molar-refractivity contribution in [2.45, 2.75) is 10.8 Å². The molecule has 9 aromatic rings. The Morgan fingerprint density at radius 2 is 0.860 bits per heavy atom. The van der Waals surface area contributed by atoms with Gasteiger partial charge in [-0.3, -0.25) is 0 Å². The molecule has 0 unspecified atom stereocenters. The second kappa shape index (κ2) is 11.1. The average Bonchev–Trinajstić information content (AvgIpc) is 4.11. The normalized spacial score (nSPS) is 14.9. The fourth-order valence-corrected chi connectivity index (χ4v) is 10.6. The molecule has 4 aliphatic carbocycles. The van der Waals surface area contributed by atoms with E-state index in [0.717, 1.165) is 34.3 Å². The third-order valence-corrected chi connectivity index (χ3v) is 12.8. The van der Waals surface area contributed by atoms with Gasteiger partial charge in [-0.15, -0.1) is 0 Å². The van der Waals surface area contributed by atoms with Gasteiger partial charge in [0.05, 0.1) is 46.0 Å². The molecule has 0 amide bonds. The van der Waals surface area contributed by atoms with Gasteiger partial charge in [0, 0.05) is 28.8 Å². The molecule has 4 aliphatic rings. The van der Waals surface area contributed by atoms with Crippen LogP contribution < -0.4 is 4.74 Å². The van der Waals surface area contributed by atoms with Crippen molar-refractivity contribution < 1.29 is 4.74 Å². The lowest BCUT2D eigenvalue weighted by Crippen LogP contribution is -2.25. The Bertz CT molecular complexity index is 3110. The van der Waals surface area contributed by atoms with Crippen molar-refractivity contribution in [1.29, 1.82) is 0 Å². The van der Waals surface area contributed by atoms with Gasteiger partial charge in [0.25, 0.3) is 0 Å². The SMILES string of the molecule is C1=CC2(c3ccccc3-c3ccccc32)c2cnn(-c3cccc(Oc4cccc(-n5ncc6c5-c5ccccc5C65c6ccccc6-c6ccccc65)c4)c3)c21. The Hall–Kier alpha value is -7.50. The third-order valence-electron chi connectivity index (χ3n) is 12.8. The summed E-state index contributed by atoms with van der Waals surface area (Å²) >= 11 is 0. The molecular weight excluding hydrogens is 697 g/mol. The maximum Gasteiger partial charge on any atom is 0.129 e. The van der Waals surface area contributed by atoms with E-state index in [4.69, 9.17) is 14.9 Å². The lowest BCUT2D eigenvalue weighted by molar-refractivity contribution is 0.481. The van der Waals surface area contributed by atoms with Gasteiger partial charge in [-0.25, -0.2) is 9.36 Å². The zero-order chi connectivity index (χ0) is 37.3. The Balaban J connectivity index is 0.870. The minimum absolute atomic E-state index is 0.354. The van der Waals surface area contributed by atoms with Gasteiger partial charge in [0.1, 0.15) is 11.5 Å². The van der Waals surface area contributed by atoms with Crippen LogP contribution in [0.5, 0.6) is 11.5 Å². The summed E-state index contributed by atoms with van der Waals surface area (Å²) in [6.45, 7) is 0. The Morgan fingerprint density at radius 3 is 1.46 bits per heavy atom. The number of benzene rings is 7. The van der Waals surface area contributed by atoms with Crippen molar-refractivity contribution in [1.82, 2.24) is 19.6 Å². The predicted octanol–water partition coefficient (Wildman–Crippen LogP) is 11.5. The lowest BCUT2D eigenvalue weighted by Gasteiger charge is -2.29. The number of hydrogen-bond donors (Lipinski definition) is 0. The van der Waals surface area contributed by atoms with Crippen molar-refractivity contribution in [3.8, 4) is 56.4 Å². The summed E-state index contributed by atoms with van der Waals surface area (Å²) in [6.07, 6.45) is 8.70. The zero-order valence-corrected chi connectivity index (χ0v) is 30.7. The molecular formula is C52H32N4O. The molecule has 5 nitrogen and oxygen atoms in total. The number of nitrogens with zero attached hydrogens (tertiary/aromatic N) is 4. The number of hydrogen-bond acceptors (Lipinski definition) is 3. The van der Waals surface area contributed by atoms with Crippen molar-refractivity contribution in [3.05, 3.63) is 233 Å². The molecule has 7 aromatic carbocycles. The van der Waals surface area contributed by atoms with Gasteiger partial charge in [-0.05, 0) is 80.4 Å². The van der Waals surface area contributed by atoms with E-state index >= 15 is 0 Å². The first-order valence-electron chi connectivity index (χ1n) is 19.5. The quantitative estimate of drug-likeness (QED) is 0.181. The highest BCUT2D eigenvalue weighted by atomic mass is 16.5. The molecule has 2 spiro atoms. The largest absolute Gasteiger partial charge is 0.457 e. The molecule has 0 bridgehead atoms.